The van der Waals surface area contributed by atoms with Crippen LogP contribution in [0.25, 0.3) is 0 Å². The number of carbonyl (C=O) groups is 4. The molecule has 3 N–H and O–H groups in total. The van der Waals surface area contributed by atoms with Gasteiger partial charge in [-0.2, -0.15) is 0 Å². The molecule has 0 aromatic heterocycles. The van der Waals surface area contributed by atoms with Crippen molar-refractivity contribution >= 4 is 23.9 Å². The number of aliphatic carboxylic acids is 1. The molecular formula is C59H110O12. The van der Waals surface area contributed by atoms with Gasteiger partial charge < -0.3 is 39.0 Å². The van der Waals surface area contributed by atoms with Crippen molar-refractivity contribution in [1.82, 2.24) is 0 Å². The molecule has 0 aromatic rings. The van der Waals surface area contributed by atoms with E-state index >= 15 is 0 Å². The third-order valence-corrected chi connectivity index (χ3v) is 14.2. The Morgan fingerprint density at radius 3 is 1.06 bits per heavy atom. The Labute approximate surface area is 433 Å². The molecule has 1 aliphatic heterocycles. The van der Waals surface area contributed by atoms with Crippen molar-refractivity contribution in [3.8, 4) is 0 Å². The van der Waals surface area contributed by atoms with E-state index in [1.54, 1.807) is 0 Å². The molecular weight excluding hydrogens is 901 g/mol. The van der Waals surface area contributed by atoms with E-state index in [2.05, 4.69) is 20.8 Å². The second-order valence-electron chi connectivity index (χ2n) is 21.0. The van der Waals surface area contributed by atoms with E-state index in [1.807, 2.05) is 0 Å². The van der Waals surface area contributed by atoms with Gasteiger partial charge in [-0.1, -0.05) is 265 Å². The summed E-state index contributed by atoms with van der Waals surface area (Å²) >= 11 is 0. The summed E-state index contributed by atoms with van der Waals surface area (Å²) in [5, 5.41) is 31.4. The predicted octanol–water partition coefficient (Wildman–Crippen LogP) is 15.1. The van der Waals surface area contributed by atoms with Crippen LogP contribution in [0.5, 0.6) is 0 Å². The summed E-state index contributed by atoms with van der Waals surface area (Å²) in [5.74, 6) is -3.07. The number of ether oxygens (including phenoxy) is 5. The first-order valence-electron chi connectivity index (χ1n) is 30.0. The Kier molecular flexibility index (Phi) is 45.7. The quantitative estimate of drug-likeness (QED) is 0.0299. The van der Waals surface area contributed by atoms with Crippen LogP contribution in [0, 0.1) is 0 Å². The number of hydrogen-bond acceptors (Lipinski definition) is 11. The van der Waals surface area contributed by atoms with Crippen LogP contribution in [0.3, 0.4) is 0 Å². The van der Waals surface area contributed by atoms with Crippen molar-refractivity contribution in [1.29, 1.82) is 0 Å². The SMILES string of the molecule is CCCCCCCCCCCCCCCCCCCC(=O)OCC(COC1OC(C(=O)O)C(O)C(O)C1OC(=O)CCCCCCCCCCCCCCCCC)OC(=O)CCCCCCCCCCC. The van der Waals surface area contributed by atoms with Crippen LogP contribution >= 0.6 is 0 Å². The van der Waals surface area contributed by atoms with Gasteiger partial charge in [0.15, 0.2) is 24.6 Å². The Bertz CT molecular complexity index is 1250. The first-order chi connectivity index (χ1) is 34.6. The van der Waals surface area contributed by atoms with Crippen molar-refractivity contribution in [2.75, 3.05) is 13.2 Å². The lowest BCUT2D eigenvalue weighted by Gasteiger charge is -2.40. The van der Waals surface area contributed by atoms with E-state index < -0.39 is 67.3 Å². The number of carboxylic acid groups (broad SMARTS) is 1. The minimum absolute atomic E-state index is 0.0706. The van der Waals surface area contributed by atoms with Crippen LogP contribution in [0.4, 0.5) is 0 Å². The van der Waals surface area contributed by atoms with Crippen molar-refractivity contribution in [3.63, 3.8) is 0 Å². The fraction of sp³-hybridized carbons (Fsp3) is 0.932. The van der Waals surface area contributed by atoms with Gasteiger partial charge in [-0.05, 0) is 19.3 Å². The number of carboxylic acids is 1. The topological polar surface area (TPSA) is 175 Å². The van der Waals surface area contributed by atoms with Crippen LogP contribution in [0.1, 0.15) is 303 Å². The highest BCUT2D eigenvalue weighted by Crippen LogP contribution is 2.27. The highest BCUT2D eigenvalue weighted by Gasteiger charge is 2.50. The minimum Gasteiger partial charge on any atom is -0.479 e. The smallest absolute Gasteiger partial charge is 0.335 e. The lowest BCUT2D eigenvalue weighted by atomic mass is 9.98. The molecule has 12 nitrogen and oxygen atoms in total. The number of carbonyl (C=O) groups excluding carboxylic acids is 3. The van der Waals surface area contributed by atoms with Crippen LogP contribution in [0.2, 0.25) is 0 Å². The van der Waals surface area contributed by atoms with E-state index in [1.165, 1.54) is 186 Å². The lowest BCUT2D eigenvalue weighted by Crippen LogP contribution is -2.61. The molecule has 1 saturated heterocycles. The highest BCUT2D eigenvalue weighted by molar-refractivity contribution is 5.74. The second-order valence-corrected chi connectivity index (χ2v) is 21.0. The number of unbranched alkanes of at least 4 members (excludes halogenated alkanes) is 38. The maximum absolute atomic E-state index is 13.1. The molecule has 0 bridgehead atoms. The molecule has 0 radical (unpaired) electrons. The van der Waals surface area contributed by atoms with Crippen LogP contribution in [0.15, 0.2) is 0 Å². The third kappa shape index (κ3) is 38.9. The monoisotopic (exact) mass is 1010 g/mol. The summed E-state index contributed by atoms with van der Waals surface area (Å²) in [5.41, 5.74) is 0. The largest absolute Gasteiger partial charge is 0.479 e. The average Bonchev–Trinajstić information content (AvgIpc) is 3.35. The van der Waals surface area contributed by atoms with Gasteiger partial charge in [-0.25, -0.2) is 4.79 Å². The van der Waals surface area contributed by atoms with Gasteiger partial charge in [0, 0.05) is 19.3 Å². The molecule has 1 aliphatic rings. The standard InChI is InChI=1S/C59H110O12/c1-4-7-10-13-16-19-21-23-25-26-28-29-31-34-36-39-42-45-51(60)67-48-50(69-52(61)46-43-40-37-33-18-15-12-9-6-3)49-68-59-57(55(64)54(63)56(71-59)58(65)66)70-53(62)47-44-41-38-35-32-30-27-24-22-20-17-14-11-8-5-2/h50,54-57,59,63-64H,4-49H2,1-3H3,(H,65,66). The molecule has 0 spiro atoms. The molecule has 1 rings (SSSR count). The van der Waals surface area contributed by atoms with Gasteiger partial charge in [0.05, 0.1) is 6.61 Å². The van der Waals surface area contributed by atoms with E-state index in [0.29, 0.717) is 19.3 Å². The normalized spacial score (nSPS) is 18.4. The number of hydrogen-bond donors (Lipinski definition) is 3. The first kappa shape index (κ1) is 66.7. The van der Waals surface area contributed by atoms with Crippen molar-refractivity contribution in [2.45, 2.75) is 340 Å². The Balaban J connectivity index is 2.61. The fourth-order valence-electron chi connectivity index (χ4n) is 9.55. The second kappa shape index (κ2) is 48.6. The van der Waals surface area contributed by atoms with Gasteiger partial charge >= 0.3 is 23.9 Å². The maximum Gasteiger partial charge on any atom is 0.335 e. The number of rotatable bonds is 52. The highest BCUT2D eigenvalue weighted by atomic mass is 16.7. The van der Waals surface area contributed by atoms with E-state index in [-0.39, 0.29) is 25.9 Å². The summed E-state index contributed by atoms with van der Waals surface area (Å²) in [4.78, 5) is 51.0. The van der Waals surface area contributed by atoms with E-state index in [4.69, 9.17) is 23.7 Å². The van der Waals surface area contributed by atoms with Gasteiger partial charge in [0.1, 0.15) is 18.8 Å². The zero-order chi connectivity index (χ0) is 51.8. The van der Waals surface area contributed by atoms with Gasteiger partial charge in [-0.3, -0.25) is 14.4 Å². The average molecular weight is 1010 g/mol. The van der Waals surface area contributed by atoms with Crippen molar-refractivity contribution in [3.05, 3.63) is 0 Å². The molecule has 0 aromatic carbocycles. The van der Waals surface area contributed by atoms with Gasteiger partial charge in [-0.15, -0.1) is 0 Å². The van der Waals surface area contributed by atoms with Crippen LogP contribution in [-0.4, -0.2) is 89.2 Å². The summed E-state index contributed by atoms with van der Waals surface area (Å²) in [6, 6.07) is 0. The van der Waals surface area contributed by atoms with Gasteiger partial charge in [0.25, 0.3) is 0 Å². The molecule has 1 heterocycles. The first-order valence-corrected chi connectivity index (χ1v) is 30.0. The number of esters is 3. The maximum atomic E-state index is 13.1. The molecule has 6 unspecified atom stereocenters. The summed E-state index contributed by atoms with van der Waals surface area (Å²) < 4.78 is 28.4. The zero-order valence-corrected chi connectivity index (χ0v) is 46.0. The van der Waals surface area contributed by atoms with E-state index in [0.717, 1.165) is 57.8 Å². The van der Waals surface area contributed by atoms with Gasteiger partial charge in [0.2, 0.25) is 0 Å². The molecule has 0 amide bonds. The molecule has 12 heteroatoms. The number of aliphatic hydroxyl groups is 2. The summed E-state index contributed by atoms with van der Waals surface area (Å²) in [6.45, 7) is 6.01. The predicted molar refractivity (Wildman–Crippen MR) is 285 cm³/mol. The number of aliphatic hydroxyl groups excluding tert-OH is 2. The molecule has 71 heavy (non-hydrogen) atoms. The summed E-state index contributed by atoms with van der Waals surface area (Å²) in [7, 11) is 0. The Morgan fingerprint density at radius 1 is 0.408 bits per heavy atom. The molecule has 0 saturated carbocycles. The molecule has 1 fully saturated rings. The van der Waals surface area contributed by atoms with Crippen molar-refractivity contribution < 1.29 is 58.2 Å². The Morgan fingerprint density at radius 2 is 0.718 bits per heavy atom. The van der Waals surface area contributed by atoms with Crippen LogP contribution < -0.4 is 0 Å². The van der Waals surface area contributed by atoms with Crippen LogP contribution in [-0.2, 0) is 42.9 Å². The third-order valence-electron chi connectivity index (χ3n) is 14.2. The fourth-order valence-corrected chi connectivity index (χ4v) is 9.55. The molecule has 0 aliphatic carbocycles. The van der Waals surface area contributed by atoms with E-state index in [9.17, 15) is 34.5 Å². The molecule has 418 valence electrons. The minimum atomic E-state index is -1.89. The Hall–Kier alpha value is -2.28. The zero-order valence-electron chi connectivity index (χ0n) is 46.0. The lowest BCUT2D eigenvalue weighted by molar-refractivity contribution is -0.301. The summed E-state index contributed by atoms with van der Waals surface area (Å²) in [6.07, 6.45) is 39.4. The van der Waals surface area contributed by atoms with Crippen molar-refractivity contribution in [2.24, 2.45) is 0 Å². The molecule has 6 atom stereocenters.